The van der Waals surface area contributed by atoms with Crippen LogP contribution in [0.15, 0.2) is 22.9 Å². The average molecular weight is 269 g/mol. The first kappa shape index (κ1) is 11.1. The molecular formula is C12H17BrN2. The maximum Gasteiger partial charge on any atom is 0.106 e. The fourth-order valence-corrected chi connectivity index (χ4v) is 2.76. The number of pyridine rings is 1. The predicted molar refractivity (Wildman–Crippen MR) is 65.8 cm³/mol. The zero-order valence-corrected chi connectivity index (χ0v) is 10.5. The highest BCUT2D eigenvalue weighted by molar-refractivity contribution is 9.10. The van der Waals surface area contributed by atoms with Crippen molar-refractivity contribution in [1.29, 1.82) is 0 Å². The lowest BCUT2D eigenvalue weighted by Gasteiger charge is -2.36. The summed E-state index contributed by atoms with van der Waals surface area (Å²) in [5.41, 5.74) is 7.48. The molecule has 82 valence electrons. The number of nitrogens with two attached hydrogens (primary N) is 1. The summed E-state index contributed by atoms with van der Waals surface area (Å²) in [6.07, 6.45) is 8.36. The van der Waals surface area contributed by atoms with Crippen molar-refractivity contribution in [3.05, 3.63) is 28.5 Å². The molecule has 2 rings (SSSR count). The third-order valence-corrected chi connectivity index (χ3v) is 4.01. The van der Waals surface area contributed by atoms with Gasteiger partial charge in [0, 0.05) is 18.2 Å². The van der Waals surface area contributed by atoms with Crippen LogP contribution in [0.2, 0.25) is 0 Å². The SMILES string of the molecule is NCC1(c2ccc(Br)nc2)CCCCC1. The molecule has 0 spiro atoms. The summed E-state index contributed by atoms with van der Waals surface area (Å²) in [7, 11) is 0. The first-order valence-electron chi connectivity index (χ1n) is 5.59. The molecule has 0 amide bonds. The van der Waals surface area contributed by atoms with Gasteiger partial charge in [-0.25, -0.2) is 4.98 Å². The van der Waals surface area contributed by atoms with E-state index in [4.69, 9.17) is 5.73 Å². The van der Waals surface area contributed by atoms with E-state index in [1.807, 2.05) is 12.3 Å². The Kier molecular flexibility index (Phi) is 3.42. The van der Waals surface area contributed by atoms with E-state index in [-0.39, 0.29) is 5.41 Å². The van der Waals surface area contributed by atoms with Crippen LogP contribution in [0, 0.1) is 0 Å². The molecule has 1 heterocycles. The lowest BCUT2D eigenvalue weighted by molar-refractivity contribution is 0.300. The van der Waals surface area contributed by atoms with Gasteiger partial charge in [-0.1, -0.05) is 25.3 Å². The van der Waals surface area contributed by atoms with Crippen molar-refractivity contribution in [2.24, 2.45) is 5.73 Å². The van der Waals surface area contributed by atoms with Gasteiger partial charge >= 0.3 is 0 Å². The van der Waals surface area contributed by atoms with Gasteiger partial charge < -0.3 is 5.73 Å². The standard InChI is InChI=1S/C12H17BrN2/c13-11-5-4-10(8-15-11)12(9-14)6-2-1-3-7-12/h4-5,8H,1-3,6-7,9,14H2. The monoisotopic (exact) mass is 268 g/mol. The lowest BCUT2D eigenvalue weighted by atomic mass is 9.70. The molecule has 15 heavy (non-hydrogen) atoms. The summed E-state index contributed by atoms with van der Waals surface area (Å²) in [4.78, 5) is 4.31. The van der Waals surface area contributed by atoms with Crippen molar-refractivity contribution >= 4 is 15.9 Å². The number of rotatable bonds is 2. The summed E-state index contributed by atoms with van der Waals surface area (Å²) in [5.74, 6) is 0. The zero-order valence-electron chi connectivity index (χ0n) is 8.88. The Morgan fingerprint density at radius 3 is 2.53 bits per heavy atom. The Morgan fingerprint density at radius 2 is 2.00 bits per heavy atom. The van der Waals surface area contributed by atoms with Gasteiger partial charge in [0.2, 0.25) is 0 Å². The van der Waals surface area contributed by atoms with Crippen molar-refractivity contribution in [1.82, 2.24) is 4.98 Å². The Bertz CT molecular complexity index is 315. The van der Waals surface area contributed by atoms with Crippen LogP contribution < -0.4 is 5.73 Å². The normalized spacial score (nSPS) is 20.1. The minimum absolute atomic E-state index is 0.200. The molecule has 2 nitrogen and oxygen atoms in total. The van der Waals surface area contributed by atoms with Crippen LogP contribution in [-0.4, -0.2) is 11.5 Å². The van der Waals surface area contributed by atoms with Gasteiger partial charge in [-0.05, 0) is 40.4 Å². The molecule has 1 aromatic heterocycles. The first-order valence-corrected chi connectivity index (χ1v) is 6.38. The van der Waals surface area contributed by atoms with Crippen LogP contribution in [0.1, 0.15) is 37.7 Å². The summed E-state index contributed by atoms with van der Waals surface area (Å²) in [5, 5.41) is 0. The third-order valence-electron chi connectivity index (χ3n) is 3.54. The molecule has 1 fully saturated rings. The Balaban J connectivity index is 2.28. The summed E-state index contributed by atoms with van der Waals surface area (Å²) >= 11 is 3.37. The second-order valence-electron chi connectivity index (χ2n) is 4.41. The molecule has 0 bridgehead atoms. The predicted octanol–water partition coefficient (Wildman–Crippen LogP) is 3.00. The van der Waals surface area contributed by atoms with Crippen molar-refractivity contribution in [3.8, 4) is 0 Å². The average Bonchev–Trinajstić information content (AvgIpc) is 2.31. The van der Waals surface area contributed by atoms with E-state index < -0.39 is 0 Å². The minimum atomic E-state index is 0.200. The molecule has 0 saturated heterocycles. The van der Waals surface area contributed by atoms with Gasteiger partial charge in [0.25, 0.3) is 0 Å². The topological polar surface area (TPSA) is 38.9 Å². The molecule has 0 atom stereocenters. The van der Waals surface area contributed by atoms with Crippen molar-refractivity contribution in [3.63, 3.8) is 0 Å². The van der Waals surface area contributed by atoms with Gasteiger partial charge in [0.05, 0.1) is 0 Å². The quantitative estimate of drug-likeness (QED) is 0.838. The number of halogens is 1. The molecule has 1 aliphatic rings. The Morgan fingerprint density at radius 1 is 1.27 bits per heavy atom. The molecule has 1 saturated carbocycles. The highest BCUT2D eigenvalue weighted by Crippen LogP contribution is 2.38. The maximum atomic E-state index is 5.97. The van der Waals surface area contributed by atoms with E-state index in [2.05, 4.69) is 27.0 Å². The summed E-state index contributed by atoms with van der Waals surface area (Å²) < 4.78 is 0.897. The maximum absolute atomic E-state index is 5.97. The van der Waals surface area contributed by atoms with E-state index in [1.54, 1.807) is 0 Å². The number of aromatic nitrogens is 1. The fourth-order valence-electron chi connectivity index (χ4n) is 2.53. The highest BCUT2D eigenvalue weighted by Gasteiger charge is 2.32. The van der Waals surface area contributed by atoms with Gasteiger partial charge in [-0.3, -0.25) is 0 Å². The highest BCUT2D eigenvalue weighted by atomic mass is 79.9. The molecule has 1 aliphatic carbocycles. The van der Waals surface area contributed by atoms with Crippen LogP contribution >= 0.6 is 15.9 Å². The first-order chi connectivity index (χ1) is 7.27. The molecule has 0 radical (unpaired) electrons. The molecule has 0 unspecified atom stereocenters. The summed E-state index contributed by atoms with van der Waals surface area (Å²) in [6, 6.07) is 4.18. The molecule has 0 aliphatic heterocycles. The number of nitrogens with zero attached hydrogens (tertiary/aromatic N) is 1. The molecule has 0 aromatic carbocycles. The van der Waals surface area contributed by atoms with Gasteiger partial charge in [-0.2, -0.15) is 0 Å². The molecule has 2 N–H and O–H groups in total. The largest absolute Gasteiger partial charge is 0.330 e. The Hall–Kier alpha value is -0.410. The van der Waals surface area contributed by atoms with Crippen LogP contribution in [0.4, 0.5) is 0 Å². The van der Waals surface area contributed by atoms with Crippen molar-refractivity contribution in [2.75, 3.05) is 6.54 Å². The van der Waals surface area contributed by atoms with Gasteiger partial charge in [0.1, 0.15) is 4.60 Å². The fraction of sp³-hybridized carbons (Fsp3) is 0.583. The summed E-state index contributed by atoms with van der Waals surface area (Å²) in [6.45, 7) is 0.746. The van der Waals surface area contributed by atoms with Gasteiger partial charge in [0.15, 0.2) is 0 Å². The van der Waals surface area contributed by atoms with E-state index in [0.29, 0.717) is 0 Å². The zero-order chi connectivity index (χ0) is 10.7. The minimum Gasteiger partial charge on any atom is -0.330 e. The van der Waals surface area contributed by atoms with Crippen molar-refractivity contribution in [2.45, 2.75) is 37.5 Å². The molecular weight excluding hydrogens is 252 g/mol. The van der Waals surface area contributed by atoms with E-state index >= 15 is 0 Å². The second kappa shape index (κ2) is 4.62. The van der Waals surface area contributed by atoms with E-state index in [9.17, 15) is 0 Å². The third kappa shape index (κ3) is 2.23. The second-order valence-corrected chi connectivity index (χ2v) is 5.23. The van der Waals surface area contributed by atoms with Crippen LogP contribution in [-0.2, 0) is 5.41 Å². The van der Waals surface area contributed by atoms with Crippen LogP contribution in [0.25, 0.3) is 0 Å². The smallest absolute Gasteiger partial charge is 0.106 e. The Labute approximate surface area is 99.4 Å². The van der Waals surface area contributed by atoms with E-state index in [0.717, 1.165) is 11.1 Å². The van der Waals surface area contributed by atoms with Crippen LogP contribution in [0.5, 0.6) is 0 Å². The number of hydrogen-bond acceptors (Lipinski definition) is 2. The van der Waals surface area contributed by atoms with Crippen LogP contribution in [0.3, 0.4) is 0 Å². The number of hydrogen-bond donors (Lipinski definition) is 1. The lowest BCUT2D eigenvalue weighted by Crippen LogP contribution is -2.37. The van der Waals surface area contributed by atoms with E-state index in [1.165, 1.54) is 37.7 Å². The molecule has 1 aromatic rings. The van der Waals surface area contributed by atoms with Crippen molar-refractivity contribution < 1.29 is 0 Å². The molecule has 3 heteroatoms. The van der Waals surface area contributed by atoms with Gasteiger partial charge in [-0.15, -0.1) is 0 Å².